The van der Waals surface area contributed by atoms with Crippen LogP contribution in [-0.2, 0) is 15.6 Å². The summed E-state index contributed by atoms with van der Waals surface area (Å²) in [5.41, 5.74) is 4.93. The number of hydrogen-bond donors (Lipinski definition) is 1. The lowest BCUT2D eigenvalue weighted by Gasteiger charge is -2.14. The Morgan fingerprint density at radius 2 is 1.72 bits per heavy atom. The van der Waals surface area contributed by atoms with Crippen molar-refractivity contribution in [1.29, 1.82) is 0 Å². The van der Waals surface area contributed by atoms with E-state index in [1.807, 2.05) is 66.9 Å². The predicted molar refractivity (Wildman–Crippen MR) is 126 cm³/mol. The number of aromatic carboxylic acids is 1. The summed E-state index contributed by atoms with van der Waals surface area (Å²) in [5.74, 6) is -0.538. The summed E-state index contributed by atoms with van der Waals surface area (Å²) < 4.78 is 27.0. The molecule has 0 aliphatic heterocycles. The largest absolute Gasteiger partial charge is 0.478 e. The van der Waals surface area contributed by atoms with E-state index in [0.717, 1.165) is 27.8 Å². The van der Waals surface area contributed by atoms with Crippen molar-refractivity contribution in [1.82, 2.24) is 9.55 Å². The average Bonchev–Trinajstić information content (AvgIpc) is 3.10. The molecule has 0 aliphatic rings. The summed E-state index contributed by atoms with van der Waals surface area (Å²) in [5, 5.41) is 9.56. The number of rotatable bonds is 7. The fourth-order valence-corrected chi connectivity index (χ4v) is 5.39. The maximum Gasteiger partial charge on any atom is 0.336 e. The van der Waals surface area contributed by atoms with Crippen molar-refractivity contribution in [2.45, 2.75) is 26.0 Å². The summed E-state index contributed by atoms with van der Waals surface area (Å²) in [6, 6.07) is 20.2. The van der Waals surface area contributed by atoms with Gasteiger partial charge in [-0.15, -0.1) is 0 Å². The van der Waals surface area contributed by atoms with Crippen LogP contribution in [-0.4, -0.2) is 34.8 Å². The molecule has 0 atom stereocenters. The summed E-state index contributed by atoms with van der Waals surface area (Å²) in [4.78, 5) is 16.3. The Bertz CT molecular complexity index is 1420. The number of hydrogen-bond acceptors (Lipinski definition) is 4. The summed E-state index contributed by atoms with van der Waals surface area (Å²) >= 11 is 0. The van der Waals surface area contributed by atoms with Gasteiger partial charge in [0.25, 0.3) is 0 Å². The maximum absolute atomic E-state index is 12.6. The molecule has 1 heterocycles. The van der Waals surface area contributed by atoms with Crippen LogP contribution in [0, 0.1) is 6.92 Å². The molecule has 4 rings (SSSR count). The van der Waals surface area contributed by atoms with Crippen LogP contribution in [0.4, 0.5) is 0 Å². The van der Waals surface area contributed by atoms with Crippen molar-refractivity contribution in [3.63, 3.8) is 0 Å². The van der Waals surface area contributed by atoms with Crippen molar-refractivity contribution in [2.24, 2.45) is 0 Å². The van der Waals surface area contributed by atoms with Crippen molar-refractivity contribution >= 4 is 26.8 Å². The molecule has 4 aromatic rings. The van der Waals surface area contributed by atoms with Crippen molar-refractivity contribution in [3.05, 3.63) is 83.7 Å². The molecule has 3 aromatic carbocycles. The van der Waals surface area contributed by atoms with Gasteiger partial charge in [-0.1, -0.05) is 43.3 Å². The van der Waals surface area contributed by atoms with E-state index in [0.29, 0.717) is 17.8 Å². The van der Waals surface area contributed by atoms with E-state index in [1.54, 1.807) is 18.2 Å². The van der Waals surface area contributed by atoms with E-state index in [2.05, 4.69) is 4.98 Å². The van der Waals surface area contributed by atoms with Gasteiger partial charge in [0.2, 0.25) is 0 Å². The zero-order chi connectivity index (χ0) is 22.9. The third-order valence-corrected chi connectivity index (χ3v) is 7.14. The molecular weight excluding hydrogens is 424 g/mol. The van der Waals surface area contributed by atoms with Gasteiger partial charge in [-0.2, -0.15) is 0 Å². The second-order valence-corrected chi connectivity index (χ2v) is 9.98. The van der Waals surface area contributed by atoms with E-state index in [1.165, 1.54) is 0 Å². The number of imidazole rings is 1. The van der Waals surface area contributed by atoms with Crippen molar-refractivity contribution in [2.75, 3.05) is 5.75 Å². The van der Waals surface area contributed by atoms with Gasteiger partial charge in [0, 0.05) is 5.69 Å². The molecule has 0 fully saturated rings. The smallest absolute Gasteiger partial charge is 0.336 e. The predicted octanol–water partition coefficient (Wildman–Crippen LogP) is 5.02. The Balaban J connectivity index is 1.86. The quantitative estimate of drug-likeness (QED) is 0.429. The lowest BCUT2D eigenvalue weighted by atomic mass is 9.95. The summed E-state index contributed by atoms with van der Waals surface area (Å²) in [7, 11) is -3.29. The topological polar surface area (TPSA) is 89.3 Å². The van der Waals surface area contributed by atoms with Gasteiger partial charge in [0.05, 0.1) is 22.3 Å². The molecule has 0 spiro atoms. The number of aromatic nitrogens is 2. The fourth-order valence-electron chi connectivity index (χ4n) is 4.03. The van der Waals surface area contributed by atoms with Gasteiger partial charge < -0.3 is 5.11 Å². The molecule has 164 valence electrons. The van der Waals surface area contributed by atoms with Crippen LogP contribution < -0.4 is 0 Å². The molecule has 0 saturated heterocycles. The zero-order valence-corrected chi connectivity index (χ0v) is 18.8. The lowest BCUT2D eigenvalue weighted by Crippen LogP contribution is -2.13. The number of carboxylic acids is 1. The Kier molecular flexibility index (Phi) is 5.84. The third kappa shape index (κ3) is 4.16. The zero-order valence-electron chi connectivity index (χ0n) is 17.9. The monoisotopic (exact) mass is 448 g/mol. The van der Waals surface area contributed by atoms with E-state index in [4.69, 9.17) is 0 Å². The minimum atomic E-state index is -3.29. The highest BCUT2D eigenvalue weighted by Crippen LogP contribution is 2.30. The molecule has 0 radical (unpaired) electrons. The van der Waals surface area contributed by atoms with Crippen LogP contribution in [0.3, 0.4) is 0 Å². The van der Waals surface area contributed by atoms with E-state index in [-0.39, 0.29) is 17.1 Å². The van der Waals surface area contributed by atoms with Gasteiger partial charge in [-0.3, -0.25) is 4.57 Å². The molecule has 6 nitrogen and oxygen atoms in total. The molecule has 0 amide bonds. The van der Waals surface area contributed by atoms with Crippen molar-refractivity contribution in [3.8, 4) is 16.8 Å². The Hall–Kier alpha value is -3.45. The lowest BCUT2D eigenvalue weighted by molar-refractivity contribution is 0.0697. The van der Waals surface area contributed by atoms with Crippen LogP contribution in [0.25, 0.3) is 27.8 Å². The molecule has 7 heteroatoms. The van der Waals surface area contributed by atoms with Crippen LogP contribution in [0.2, 0.25) is 0 Å². The molecule has 0 unspecified atom stereocenters. The number of aryl methyl sites for hydroxylation is 1. The van der Waals surface area contributed by atoms with Gasteiger partial charge >= 0.3 is 5.97 Å². The first-order valence-electron chi connectivity index (χ1n) is 10.4. The first-order chi connectivity index (χ1) is 15.3. The second-order valence-electron chi connectivity index (χ2n) is 7.79. The van der Waals surface area contributed by atoms with Gasteiger partial charge in [0.1, 0.15) is 11.6 Å². The normalized spacial score (nSPS) is 11.7. The van der Waals surface area contributed by atoms with E-state index >= 15 is 0 Å². The fraction of sp³-hybridized carbons (Fsp3) is 0.200. The highest BCUT2D eigenvalue weighted by Gasteiger charge is 2.20. The van der Waals surface area contributed by atoms with Crippen molar-refractivity contribution < 1.29 is 18.3 Å². The Labute approximate surface area is 187 Å². The van der Waals surface area contributed by atoms with E-state index in [9.17, 15) is 18.3 Å². The van der Waals surface area contributed by atoms with Gasteiger partial charge in [-0.25, -0.2) is 18.2 Å². The molecule has 0 bridgehead atoms. The summed E-state index contributed by atoms with van der Waals surface area (Å²) in [6.07, 6.45) is 0.555. The highest BCUT2D eigenvalue weighted by molar-refractivity contribution is 7.90. The highest BCUT2D eigenvalue weighted by atomic mass is 32.2. The number of benzene rings is 3. The number of carbonyl (C=O) groups is 1. The van der Waals surface area contributed by atoms with Crippen LogP contribution >= 0.6 is 0 Å². The molecule has 32 heavy (non-hydrogen) atoms. The number of nitrogens with zero attached hydrogens (tertiary/aromatic N) is 2. The second kappa shape index (κ2) is 8.59. The van der Waals surface area contributed by atoms with E-state index < -0.39 is 15.8 Å². The molecule has 1 N–H and O–H groups in total. The Morgan fingerprint density at radius 1 is 1.00 bits per heavy atom. The van der Waals surface area contributed by atoms with Crippen LogP contribution in [0.15, 0.2) is 66.7 Å². The number of sulfone groups is 1. The SMILES string of the molecule is CCCS(=O)(=O)Cc1nc2ccccc2n1-c1ccc(-c2ccccc2C(=O)O)c(C)c1. The number of fused-ring (bicyclic) bond motifs is 1. The Morgan fingerprint density at radius 3 is 2.44 bits per heavy atom. The molecule has 1 aromatic heterocycles. The first kappa shape index (κ1) is 21.8. The minimum Gasteiger partial charge on any atom is -0.478 e. The maximum atomic E-state index is 12.6. The minimum absolute atomic E-state index is 0.111. The van der Waals surface area contributed by atoms with Crippen LogP contribution in [0.5, 0.6) is 0 Å². The third-order valence-electron chi connectivity index (χ3n) is 5.41. The van der Waals surface area contributed by atoms with Crippen LogP contribution in [0.1, 0.15) is 35.1 Å². The summed E-state index contributed by atoms with van der Waals surface area (Å²) in [6.45, 7) is 3.77. The molecule has 0 aliphatic carbocycles. The van der Waals surface area contributed by atoms with Gasteiger partial charge in [-0.05, 0) is 60.4 Å². The molecule has 0 saturated carbocycles. The average molecular weight is 449 g/mol. The standard InChI is InChI=1S/C25H24N2O4S/c1-3-14-32(30,31)16-24-26-22-10-6-7-11-23(22)27(24)18-12-13-19(17(2)15-18)20-8-4-5-9-21(20)25(28)29/h4-13,15H,3,14,16H2,1-2H3,(H,28,29). The first-order valence-corrected chi connectivity index (χ1v) is 12.2. The van der Waals surface area contributed by atoms with Gasteiger partial charge in [0.15, 0.2) is 9.84 Å². The molecular formula is C25H24N2O4S. The number of carboxylic acid groups (broad SMARTS) is 1. The number of para-hydroxylation sites is 2.